The van der Waals surface area contributed by atoms with Gasteiger partial charge in [0.2, 0.25) is 12.4 Å². The van der Waals surface area contributed by atoms with Crippen LogP contribution >= 0.6 is 0 Å². The molecule has 0 spiro atoms. The molecule has 0 saturated heterocycles. The van der Waals surface area contributed by atoms with Gasteiger partial charge in [-0.25, -0.2) is 4.21 Å². The predicted octanol–water partition coefficient (Wildman–Crippen LogP) is 2.89. The fourth-order valence-electron chi connectivity index (χ4n) is 1.94. The van der Waals surface area contributed by atoms with Crippen LogP contribution in [0.4, 0.5) is 0 Å². The van der Waals surface area contributed by atoms with E-state index in [-0.39, 0.29) is 24.9 Å². The van der Waals surface area contributed by atoms with Crippen LogP contribution < -0.4 is 0 Å². The Labute approximate surface area is 171 Å². The van der Waals surface area contributed by atoms with Gasteiger partial charge in [-0.05, 0) is 43.4 Å². The fourth-order valence-corrected chi connectivity index (χ4v) is 3.82. The second kappa shape index (κ2) is 12.8. The summed E-state index contributed by atoms with van der Waals surface area (Å²) >= 11 is 0. The molecular formula is C18H22BN6OS2. The first-order chi connectivity index (χ1) is 12.8. The Hall–Kier alpha value is -2.56. The Kier molecular flexibility index (Phi) is 11.6. The number of nitrogens with zero attached hydrogens (tertiary/aromatic N) is 6. The zero-order chi connectivity index (χ0) is 20.3. The summed E-state index contributed by atoms with van der Waals surface area (Å²) in [6, 6.07) is 7.69. The van der Waals surface area contributed by atoms with Gasteiger partial charge in [0.1, 0.15) is 0 Å². The van der Waals surface area contributed by atoms with Crippen molar-refractivity contribution < 1.29 is 4.21 Å². The number of hydrogen-bond acceptors (Lipinski definition) is 7. The third kappa shape index (κ3) is 10.6. The summed E-state index contributed by atoms with van der Waals surface area (Å²) in [5, 5.41) is 16.6. The van der Waals surface area contributed by atoms with Crippen LogP contribution in [0.2, 0.25) is 0 Å². The van der Waals surface area contributed by atoms with Gasteiger partial charge in [-0.15, -0.1) is 4.36 Å². The molecule has 2 atom stereocenters. The van der Waals surface area contributed by atoms with E-state index in [1.54, 1.807) is 12.4 Å². The van der Waals surface area contributed by atoms with Gasteiger partial charge in [-0.3, -0.25) is 9.97 Å². The highest BCUT2D eigenvalue weighted by atomic mass is 32.2. The molecule has 3 radical (unpaired) electrons. The van der Waals surface area contributed by atoms with Gasteiger partial charge in [-0.1, -0.05) is 22.8 Å². The van der Waals surface area contributed by atoms with Crippen LogP contribution in [-0.2, 0) is 31.9 Å². The van der Waals surface area contributed by atoms with Crippen LogP contribution in [0, 0.1) is 36.8 Å². The lowest BCUT2D eigenvalue weighted by Gasteiger charge is -2.01. The predicted molar refractivity (Wildman–Crippen MR) is 115 cm³/mol. The van der Waals surface area contributed by atoms with E-state index in [0.717, 1.165) is 28.3 Å². The molecule has 0 aliphatic heterocycles. The molecule has 0 bridgehead atoms. The summed E-state index contributed by atoms with van der Waals surface area (Å²) in [5.41, 5.74) is 3.89. The van der Waals surface area contributed by atoms with Gasteiger partial charge in [0.25, 0.3) is 0 Å². The summed E-state index contributed by atoms with van der Waals surface area (Å²) < 4.78 is 18.8. The third-order valence-corrected chi connectivity index (χ3v) is 5.67. The minimum absolute atomic E-state index is 0. The van der Waals surface area contributed by atoms with Crippen molar-refractivity contribution in [1.29, 1.82) is 10.5 Å². The number of aryl methyl sites for hydroxylation is 2. The number of hydrogen-bond donors (Lipinski definition) is 0. The molecule has 0 N–H and O–H groups in total. The van der Waals surface area contributed by atoms with Crippen molar-refractivity contribution in [3.63, 3.8) is 0 Å². The Morgan fingerprint density at radius 3 is 2.00 bits per heavy atom. The van der Waals surface area contributed by atoms with Gasteiger partial charge >= 0.3 is 0 Å². The van der Waals surface area contributed by atoms with Crippen molar-refractivity contribution in [2.45, 2.75) is 25.4 Å². The van der Waals surface area contributed by atoms with E-state index in [2.05, 4.69) is 18.7 Å². The average molecular weight is 413 g/mol. The number of aromatic nitrogens is 2. The Morgan fingerprint density at radius 1 is 1.04 bits per heavy atom. The van der Waals surface area contributed by atoms with E-state index in [4.69, 9.17) is 10.5 Å². The summed E-state index contributed by atoms with van der Waals surface area (Å²) in [4.78, 5) is 8.25. The number of rotatable bonds is 4. The number of nitriles is 2. The minimum atomic E-state index is -2.42. The molecule has 7 nitrogen and oxygen atoms in total. The van der Waals surface area contributed by atoms with Crippen LogP contribution in [0.5, 0.6) is 0 Å². The highest BCUT2D eigenvalue weighted by molar-refractivity contribution is 7.92. The van der Waals surface area contributed by atoms with E-state index in [1.807, 2.05) is 56.8 Å². The highest BCUT2D eigenvalue weighted by Crippen LogP contribution is 2.06. The molecule has 28 heavy (non-hydrogen) atoms. The standard InChI is InChI=1S/C9H11N3OS.C9H11N3S.B/c1-8-3-4-9(5-11-8)6-14(2,13)12-7-10;1-8-3-4-9(5-11-8)6-13(2)12-7-10;/h3-5H,6H2,1-2H3;3-5H,6H2,1-2H3;. The maximum atomic E-state index is 11.6. The lowest BCUT2D eigenvalue weighted by Crippen LogP contribution is -2.01. The van der Waals surface area contributed by atoms with Gasteiger partial charge in [-0.2, -0.15) is 14.9 Å². The molecule has 2 rings (SSSR count). The molecular weight excluding hydrogens is 391 g/mol. The highest BCUT2D eigenvalue weighted by Gasteiger charge is 2.03. The van der Waals surface area contributed by atoms with E-state index in [0.29, 0.717) is 0 Å². The van der Waals surface area contributed by atoms with Crippen molar-refractivity contribution in [3.8, 4) is 12.4 Å². The van der Waals surface area contributed by atoms with Gasteiger partial charge < -0.3 is 0 Å². The SMILES string of the molecule is Cc1ccc(CS(C)(=O)=NC#N)cn1.Cc1ccc(CS(C)=NC#N)cn1.[B]. The van der Waals surface area contributed by atoms with Crippen molar-refractivity contribution in [2.75, 3.05) is 12.5 Å². The minimum Gasteiger partial charge on any atom is -0.261 e. The van der Waals surface area contributed by atoms with Crippen LogP contribution in [0.1, 0.15) is 22.5 Å². The van der Waals surface area contributed by atoms with Gasteiger partial charge in [0.15, 0.2) is 0 Å². The maximum absolute atomic E-state index is 11.6. The first-order valence-corrected chi connectivity index (χ1v) is 11.7. The molecule has 0 aliphatic carbocycles. The van der Waals surface area contributed by atoms with E-state index in [1.165, 1.54) is 6.26 Å². The molecule has 10 heteroatoms. The molecule has 0 aromatic carbocycles. The van der Waals surface area contributed by atoms with E-state index in [9.17, 15) is 4.21 Å². The third-order valence-electron chi connectivity index (χ3n) is 3.19. The normalized spacial score (nSPS) is 12.8. The Balaban J connectivity index is 0.000000504. The molecule has 2 heterocycles. The molecule has 0 fully saturated rings. The van der Waals surface area contributed by atoms with Gasteiger partial charge in [0.05, 0.1) is 15.5 Å². The van der Waals surface area contributed by atoms with Gasteiger partial charge in [0, 0.05) is 44.2 Å². The monoisotopic (exact) mass is 413 g/mol. The van der Waals surface area contributed by atoms with Crippen molar-refractivity contribution in [3.05, 3.63) is 59.2 Å². The lowest BCUT2D eigenvalue weighted by atomic mass is 10.3. The lowest BCUT2D eigenvalue weighted by molar-refractivity contribution is 0.680. The zero-order valence-electron chi connectivity index (χ0n) is 16.4. The molecule has 145 valence electrons. The van der Waals surface area contributed by atoms with Crippen LogP contribution in [0.25, 0.3) is 0 Å². The maximum Gasteiger partial charge on any atom is 0.214 e. The summed E-state index contributed by atoms with van der Waals surface area (Å²) in [6.45, 7) is 3.84. The summed E-state index contributed by atoms with van der Waals surface area (Å²) in [5.74, 6) is 1.08. The average Bonchev–Trinajstić information content (AvgIpc) is 2.59. The van der Waals surface area contributed by atoms with Crippen LogP contribution in [-0.4, -0.2) is 35.1 Å². The number of pyridine rings is 2. The van der Waals surface area contributed by atoms with Crippen molar-refractivity contribution >= 4 is 28.8 Å². The smallest absolute Gasteiger partial charge is 0.214 e. The van der Waals surface area contributed by atoms with E-state index < -0.39 is 9.73 Å². The van der Waals surface area contributed by atoms with Crippen LogP contribution in [0.3, 0.4) is 0 Å². The Morgan fingerprint density at radius 2 is 1.57 bits per heavy atom. The second-order valence-electron chi connectivity index (χ2n) is 5.85. The quantitative estimate of drug-likeness (QED) is 0.565. The fraction of sp³-hybridized carbons (Fsp3) is 0.333. The molecule has 2 aromatic heterocycles. The largest absolute Gasteiger partial charge is 0.261 e. The Bertz CT molecular complexity index is 983. The molecule has 0 amide bonds. The van der Waals surface area contributed by atoms with E-state index >= 15 is 0 Å². The topological polar surface area (TPSA) is 115 Å². The van der Waals surface area contributed by atoms with Crippen molar-refractivity contribution in [1.82, 2.24) is 9.97 Å². The summed E-state index contributed by atoms with van der Waals surface area (Å²) in [7, 11) is -2.63. The summed E-state index contributed by atoms with van der Waals surface area (Å²) in [6.07, 6.45) is 10.3. The molecule has 0 aliphatic rings. The molecule has 0 saturated carbocycles. The van der Waals surface area contributed by atoms with Crippen molar-refractivity contribution in [2.24, 2.45) is 8.73 Å². The second-order valence-corrected chi connectivity index (χ2v) is 9.91. The zero-order valence-corrected chi connectivity index (χ0v) is 18.0. The first-order valence-electron chi connectivity index (χ1n) is 7.89. The van der Waals surface area contributed by atoms with Crippen LogP contribution in [0.15, 0.2) is 45.4 Å². The molecule has 2 unspecified atom stereocenters. The first kappa shape index (κ1) is 25.4. The molecule has 2 aromatic rings.